The standard InChI is InChI=1S/C20H17FN4O2/c1-2-27-20(26)18-15-10-12(21)8-9-14(15)16-11-17(24-25(16)19(18)22)23-13-6-4-3-5-7-13/h3-11H,2,22H2,1H3,(H,23,24). The Balaban J connectivity index is 1.95. The number of nitrogens with two attached hydrogens (primary N) is 1. The fraction of sp³-hybridized carbons (Fsp3) is 0.100. The topological polar surface area (TPSA) is 81.7 Å². The maximum Gasteiger partial charge on any atom is 0.342 e. The van der Waals surface area contributed by atoms with E-state index in [9.17, 15) is 9.18 Å². The summed E-state index contributed by atoms with van der Waals surface area (Å²) in [4.78, 5) is 12.5. The summed E-state index contributed by atoms with van der Waals surface area (Å²) in [5.41, 5.74) is 7.85. The van der Waals surface area contributed by atoms with Crippen molar-refractivity contribution >= 4 is 39.6 Å². The van der Waals surface area contributed by atoms with Gasteiger partial charge in [-0.25, -0.2) is 13.7 Å². The molecule has 2 heterocycles. The van der Waals surface area contributed by atoms with Crippen LogP contribution in [0.2, 0.25) is 0 Å². The summed E-state index contributed by atoms with van der Waals surface area (Å²) in [6.45, 7) is 1.89. The van der Waals surface area contributed by atoms with Crippen LogP contribution >= 0.6 is 0 Å². The average molecular weight is 364 g/mol. The number of aromatic nitrogens is 2. The number of halogens is 1. The van der Waals surface area contributed by atoms with Gasteiger partial charge in [0, 0.05) is 22.5 Å². The van der Waals surface area contributed by atoms with Gasteiger partial charge < -0.3 is 15.8 Å². The van der Waals surface area contributed by atoms with E-state index in [-0.39, 0.29) is 18.0 Å². The highest BCUT2D eigenvalue weighted by Crippen LogP contribution is 2.32. The van der Waals surface area contributed by atoms with E-state index in [1.165, 1.54) is 16.6 Å². The Hall–Kier alpha value is -3.61. The van der Waals surface area contributed by atoms with E-state index in [1.807, 2.05) is 30.3 Å². The second-order valence-corrected chi connectivity index (χ2v) is 5.99. The van der Waals surface area contributed by atoms with E-state index < -0.39 is 11.8 Å². The van der Waals surface area contributed by atoms with Crippen LogP contribution in [0, 0.1) is 5.82 Å². The van der Waals surface area contributed by atoms with Gasteiger partial charge in [-0.1, -0.05) is 18.2 Å². The number of benzene rings is 2. The van der Waals surface area contributed by atoms with Crippen molar-refractivity contribution in [1.82, 2.24) is 9.61 Å². The third-order valence-electron chi connectivity index (χ3n) is 4.25. The van der Waals surface area contributed by atoms with E-state index in [0.29, 0.717) is 22.1 Å². The van der Waals surface area contributed by atoms with Gasteiger partial charge in [-0.2, -0.15) is 0 Å². The molecular weight excluding hydrogens is 347 g/mol. The van der Waals surface area contributed by atoms with Crippen molar-refractivity contribution in [1.29, 1.82) is 0 Å². The number of carbonyl (C=O) groups is 1. The highest BCUT2D eigenvalue weighted by molar-refractivity contribution is 6.12. The molecular formula is C20H17FN4O2. The predicted molar refractivity (Wildman–Crippen MR) is 103 cm³/mol. The molecule has 4 rings (SSSR count). The van der Waals surface area contributed by atoms with Gasteiger partial charge in [0.2, 0.25) is 0 Å². The number of pyridine rings is 1. The number of para-hydroxylation sites is 1. The molecule has 0 saturated heterocycles. The van der Waals surface area contributed by atoms with Crippen LogP contribution in [0.4, 0.5) is 21.7 Å². The Bertz CT molecular complexity index is 1160. The molecule has 27 heavy (non-hydrogen) atoms. The first-order valence-corrected chi connectivity index (χ1v) is 8.48. The highest BCUT2D eigenvalue weighted by Gasteiger charge is 2.21. The van der Waals surface area contributed by atoms with Crippen LogP contribution in [0.3, 0.4) is 0 Å². The van der Waals surface area contributed by atoms with Crippen LogP contribution < -0.4 is 11.1 Å². The van der Waals surface area contributed by atoms with Gasteiger partial charge >= 0.3 is 5.97 Å². The molecule has 0 saturated carbocycles. The zero-order valence-electron chi connectivity index (χ0n) is 14.6. The molecule has 0 unspecified atom stereocenters. The third-order valence-corrected chi connectivity index (χ3v) is 4.25. The molecule has 0 aliphatic carbocycles. The molecule has 0 atom stereocenters. The van der Waals surface area contributed by atoms with Crippen LogP contribution in [0.5, 0.6) is 0 Å². The SMILES string of the molecule is CCOC(=O)c1c(N)n2nc(Nc3ccccc3)cc2c2ccc(F)cc12. The molecule has 6 nitrogen and oxygen atoms in total. The van der Waals surface area contributed by atoms with E-state index >= 15 is 0 Å². The molecule has 0 bridgehead atoms. The highest BCUT2D eigenvalue weighted by atomic mass is 19.1. The van der Waals surface area contributed by atoms with Crippen molar-refractivity contribution in [3.05, 3.63) is 66.0 Å². The number of esters is 1. The lowest BCUT2D eigenvalue weighted by molar-refractivity contribution is 0.0529. The molecule has 2 aromatic heterocycles. The lowest BCUT2D eigenvalue weighted by Gasteiger charge is -2.11. The maximum atomic E-state index is 13.9. The number of hydrogen-bond donors (Lipinski definition) is 2. The first-order chi connectivity index (χ1) is 13.1. The molecule has 4 aromatic rings. The number of fused-ring (bicyclic) bond motifs is 3. The first kappa shape index (κ1) is 16.8. The summed E-state index contributed by atoms with van der Waals surface area (Å²) in [6.07, 6.45) is 0. The van der Waals surface area contributed by atoms with Crippen molar-refractivity contribution in [2.75, 3.05) is 17.7 Å². The minimum absolute atomic E-state index is 0.0997. The molecule has 0 radical (unpaired) electrons. The third kappa shape index (κ3) is 2.93. The largest absolute Gasteiger partial charge is 0.462 e. The number of carbonyl (C=O) groups excluding carboxylic acids is 1. The van der Waals surface area contributed by atoms with Gasteiger partial charge in [-0.15, -0.1) is 5.10 Å². The molecule has 2 aromatic carbocycles. The smallest absolute Gasteiger partial charge is 0.342 e. The molecule has 0 amide bonds. The number of rotatable bonds is 4. The van der Waals surface area contributed by atoms with Crippen molar-refractivity contribution in [3.8, 4) is 0 Å². The van der Waals surface area contributed by atoms with E-state index in [1.54, 1.807) is 19.1 Å². The molecule has 3 N–H and O–H groups in total. The molecule has 0 aliphatic heterocycles. The normalized spacial score (nSPS) is 11.0. The second kappa shape index (κ2) is 6.60. The average Bonchev–Trinajstić information content (AvgIpc) is 3.07. The number of nitrogens with zero attached hydrogens (tertiary/aromatic N) is 2. The van der Waals surface area contributed by atoms with Gasteiger partial charge in [0.15, 0.2) is 5.82 Å². The molecule has 7 heteroatoms. The Labute approximate surface area is 154 Å². The van der Waals surface area contributed by atoms with E-state index in [4.69, 9.17) is 10.5 Å². The van der Waals surface area contributed by atoms with Crippen LogP contribution in [0.25, 0.3) is 16.3 Å². The zero-order valence-corrected chi connectivity index (χ0v) is 14.6. The monoisotopic (exact) mass is 364 g/mol. The van der Waals surface area contributed by atoms with E-state index in [2.05, 4.69) is 10.4 Å². The summed E-state index contributed by atoms with van der Waals surface area (Å²) < 4.78 is 20.4. The summed E-state index contributed by atoms with van der Waals surface area (Å²) in [6, 6.07) is 15.6. The summed E-state index contributed by atoms with van der Waals surface area (Å²) in [7, 11) is 0. The Kier molecular flexibility index (Phi) is 4.12. The van der Waals surface area contributed by atoms with E-state index in [0.717, 1.165) is 5.69 Å². The second-order valence-electron chi connectivity index (χ2n) is 5.99. The first-order valence-electron chi connectivity index (χ1n) is 8.48. The lowest BCUT2D eigenvalue weighted by Crippen LogP contribution is -2.13. The maximum absolute atomic E-state index is 13.9. The summed E-state index contributed by atoms with van der Waals surface area (Å²) in [5.74, 6) is -0.415. The van der Waals surface area contributed by atoms with Crippen LogP contribution in [0.15, 0.2) is 54.6 Å². The predicted octanol–water partition coefficient (Wildman–Crippen LogP) is 4.13. The quantitative estimate of drug-likeness (QED) is 0.532. The van der Waals surface area contributed by atoms with Crippen LogP contribution in [-0.2, 0) is 4.74 Å². The number of ether oxygens (including phenoxy) is 1. The van der Waals surface area contributed by atoms with Gasteiger partial charge in [0.05, 0.1) is 12.1 Å². The van der Waals surface area contributed by atoms with Crippen LogP contribution in [-0.4, -0.2) is 22.2 Å². The van der Waals surface area contributed by atoms with Crippen molar-refractivity contribution in [2.45, 2.75) is 6.92 Å². The molecule has 0 fully saturated rings. The number of nitrogens with one attached hydrogen (secondary N) is 1. The summed E-state index contributed by atoms with van der Waals surface area (Å²) >= 11 is 0. The van der Waals surface area contributed by atoms with Gasteiger partial charge in [-0.3, -0.25) is 0 Å². The number of hydrogen-bond acceptors (Lipinski definition) is 5. The fourth-order valence-corrected chi connectivity index (χ4v) is 3.10. The van der Waals surface area contributed by atoms with Gasteiger partial charge in [0.25, 0.3) is 0 Å². The molecule has 136 valence electrons. The Morgan fingerprint density at radius 1 is 1.19 bits per heavy atom. The van der Waals surface area contributed by atoms with Crippen molar-refractivity contribution in [3.63, 3.8) is 0 Å². The van der Waals surface area contributed by atoms with Crippen LogP contribution in [0.1, 0.15) is 17.3 Å². The minimum Gasteiger partial charge on any atom is -0.462 e. The lowest BCUT2D eigenvalue weighted by atomic mass is 10.0. The summed E-state index contributed by atoms with van der Waals surface area (Å²) in [5, 5.41) is 8.70. The van der Waals surface area contributed by atoms with Crippen molar-refractivity contribution in [2.24, 2.45) is 0 Å². The molecule has 0 spiro atoms. The van der Waals surface area contributed by atoms with Gasteiger partial charge in [0.1, 0.15) is 17.2 Å². The Morgan fingerprint density at radius 3 is 2.70 bits per heavy atom. The fourth-order valence-electron chi connectivity index (χ4n) is 3.10. The van der Waals surface area contributed by atoms with Crippen molar-refractivity contribution < 1.29 is 13.9 Å². The minimum atomic E-state index is -0.611. The van der Waals surface area contributed by atoms with Gasteiger partial charge in [-0.05, 0) is 37.3 Å². The molecule has 0 aliphatic rings. The number of nitrogen functional groups attached to an aromatic ring is 1. The Morgan fingerprint density at radius 2 is 1.96 bits per heavy atom. The zero-order chi connectivity index (χ0) is 19.0. The number of anilines is 3.